The molecule has 6 heteroatoms. The summed E-state index contributed by atoms with van der Waals surface area (Å²) in [6.45, 7) is 3.92. The van der Waals surface area contributed by atoms with Crippen LogP contribution < -0.4 is 9.04 Å². The van der Waals surface area contributed by atoms with Crippen LogP contribution in [-0.2, 0) is 10.0 Å². The molecule has 24 heavy (non-hydrogen) atoms. The highest BCUT2D eigenvalue weighted by Gasteiger charge is 2.22. The number of anilines is 1. The van der Waals surface area contributed by atoms with Gasteiger partial charge in [-0.2, -0.15) is 0 Å². The zero-order valence-corrected chi connectivity index (χ0v) is 16.7. The SMILES string of the molecule is CC#CCOc1ccc(S(=O)(=O)N(C)c2ccc(I)cc2C)cc1. The fourth-order valence-electron chi connectivity index (χ4n) is 2.16. The second-order valence-electron chi connectivity index (χ2n) is 5.09. The molecule has 0 fully saturated rings. The molecule has 2 aromatic rings. The van der Waals surface area contributed by atoms with Crippen LogP contribution in [0.25, 0.3) is 0 Å². The first-order valence-electron chi connectivity index (χ1n) is 7.24. The van der Waals surface area contributed by atoms with Crippen LogP contribution in [0.15, 0.2) is 47.4 Å². The van der Waals surface area contributed by atoms with Crippen molar-refractivity contribution in [2.24, 2.45) is 0 Å². The first kappa shape index (κ1) is 18.6. The first-order chi connectivity index (χ1) is 11.4. The molecule has 0 atom stereocenters. The van der Waals surface area contributed by atoms with Crippen molar-refractivity contribution in [3.8, 4) is 17.6 Å². The number of nitrogens with zero attached hydrogens (tertiary/aromatic N) is 1. The van der Waals surface area contributed by atoms with Crippen LogP contribution in [0.2, 0.25) is 0 Å². The fourth-order valence-corrected chi connectivity index (χ4v) is 4.07. The summed E-state index contributed by atoms with van der Waals surface area (Å²) in [5.74, 6) is 6.12. The zero-order valence-electron chi connectivity index (χ0n) is 13.7. The lowest BCUT2D eigenvalue weighted by molar-refractivity contribution is 0.370. The maximum atomic E-state index is 12.8. The molecule has 0 aliphatic carbocycles. The van der Waals surface area contributed by atoms with Gasteiger partial charge in [0.15, 0.2) is 0 Å². The Balaban J connectivity index is 2.26. The molecular weight excluding hydrogens is 437 g/mol. The minimum atomic E-state index is -3.62. The third-order valence-electron chi connectivity index (χ3n) is 3.47. The number of hydrogen-bond acceptors (Lipinski definition) is 3. The largest absolute Gasteiger partial charge is 0.481 e. The Hall–Kier alpha value is -1.72. The minimum absolute atomic E-state index is 0.219. The van der Waals surface area contributed by atoms with Gasteiger partial charge in [-0.15, -0.1) is 5.92 Å². The van der Waals surface area contributed by atoms with E-state index in [1.807, 2.05) is 25.1 Å². The molecule has 0 spiro atoms. The van der Waals surface area contributed by atoms with Gasteiger partial charge in [-0.1, -0.05) is 5.92 Å². The van der Waals surface area contributed by atoms with Gasteiger partial charge in [0.2, 0.25) is 0 Å². The molecule has 0 unspecified atom stereocenters. The van der Waals surface area contributed by atoms with Crippen LogP contribution in [0.4, 0.5) is 5.69 Å². The van der Waals surface area contributed by atoms with Crippen molar-refractivity contribution in [2.45, 2.75) is 18.7 Å². The van der Waals surface area contributed by atoms with Crippen LogP contribution in [0, 0.1) is 22.3 Å². The van der Waals surface area contributed by atoms with Crippen LogP contribution in [0.3, 0.4) is 0 Å². The second-order valence-corrected chi connectivity index (χ2v) is 8.31. The van der Waals surface area contributed by atoms with Gasteiger partial charge < -0.3 is 4.74 Å². The van der Waals surface area contributed by atoms with Gasteiger partial charge in [-0.05, 0) is 84.5 Å². The Kier molecular flexibility index (Phi) is 6.13. The highest BCUT2D eigenvalue weighted by atomic mass is 127. The lowest BCUT2D eigenvalue weighted by atomic mass is 10.2. The normalized spacial score (nSPS) is 10.7. The van der Waals surface area contributed by atoms with E-state index in [-0.39, 0.29) is 11.5 Å². The third-order valence-corrected chi connectivity index (χ3v) is 5.92. The summed E-state index contributed by atoms with van der Waals surface area (Å²) >= 11 is 2.20. The minimum Gasteiger partial charge on any atom is -0.481 e. The van der Waals surface area contributed by atoms with Gasteiger partial charge in [-0.3, -0.25) is 4.31 Å². The molecule has 0 aromatic heterocycles. The summed E-state index contributed by atoms with van der Waals surface area (Å²) < 4.78 is 33.4. The van der Waals surface area contributed by atoms with Gasteiger partial charge in [0.25, 0.3) is 10.0 Å². The van der Waals surface area contributed by atoms with Crippen molar-refractivity contribution >= 4 is 38.3 Å². The predicted molar refractivity (Wildman–Crippen MR) is 105 cm³/mol. The fraction of sp³-hybridized carbons (Fsp3) is 0.222. The van der Waals surface area contributed by atoms with Crippen LogP contribution in [-0.4, -0.2) is 22.1 Å². The van der Waals surface area contributed by atoms with E-state index in [1.165, 1.54) is 4.31 Å². The molecule has 0 N–H and O–H groups in total. The molecule has 0 amide bonds. The Morgan fingerprint density at radius 2 is 1.83 bits per heavy atom. The zero-order chi connectivity index (χ0) is 17.7. The van der Waals surface area contributed by atoms with Gasteiger partial charge >= 0.3 is 0 Å². The molecule has 2 aromatic carbocycles. The maximum Gasteiger partial charge on any atom is 0.264 e. The average molecular weight is 455 g/mol. The molecule has 2 rings (SSSR count). The standard InChI is InChI=1S/C18H18INO3S/c1-4-5-12-23-16-7-9-17(10-8-16)24(21,22)20(3)18-11-6-15(19)13-14(18)2/h6-11,13H,12H2,1-3H3. The van der Waals surface area contributed by atoms with E-state index in [0.717, 1.165) is 9.13 Å². The Morgan fingerprint density at radius 1 is 1.17 bits per heavy atom. The summed E-state index contributed by atoms with van der Waals surface area (Å²) in [6, 6.07) is 12.0. The van der Waals surface area contributed by atoms with Gasteiger partial charge in [0.05, 0.1) is 10.6 Å². The second kappa shape index (κ2) is 7.90. The van der Waals surface area contributed by atoms with Crippen molar-refractivity contribution < 1.29 is 13.2 Å². The highest BCUT2D eigenvalue weighted by Crippen LogP contribution is 2.27. The first-order valence-corrected chi connectivity index (χ1v) is 9.75. The number of benzene rings is 2. The molecule has 0 bridgehead atoms. The van der Waals surface area contributed by atoms with Crippen LogP contribution in [0.1, 0.15) is 12.5 Å². The quantitative estimate of drug-likeness (QED) is 0.509. The Labute approximate surface area is 157 Å². The van der Waals surface area contributed by atoms with Crippen molar-refractivity contribution in [3.05, 3.63) is 51.6 Å². The Bertz CT molecular complexity index is 881. The van der Waals surface area contributed by atoms with E-state index in [2.05, 4.69) is 34.4 Å². The van der Waals surface area contributed by atoms with Crippen molar-refractivity contribution in [2.75, 3.05) is 18.0 Å². The summed E-state index contributed by atoms with van der Waals surface area (Å²) in [5, 5.41) is 0. The van der Waals surface area contributed by atoms with Gasteiger partial charge in [0, 0.05) is 10.6 Å². The number of rotatable bonds is 5. The van der Waals surface area contributed by atoms with E-state index in [0.29, 0.717) is 11.4 Å². The average Bonchev–Trinajstić information content (AvgIpc) is 2.55. The van der Waals surface area contributed by atoms with Crippen molar-refractivity contribution in [1.29, 1.82) is 0 Å². The molecule has 126 valence electrons. The maximum absolute atomic E-state index is 12.8. The number of ether oxygens (including phenoxy) is 1. The van der Waals surface area contributed by atoms with E-state index < -0.39 is 10.0 Å². The molecule has 0 aliphatic rings. The van der Waals surface area contributed by atoms with E-state index in [4.69, 9.17) is 4.74 Å². The van der Waals surface area contributed by atoms with Crippen LogP contribution >= 0.6 is 22.6 Å². The smallest absolute Gasteiger partial charge is 0.264 e. The Morgan fingerprint density at radius 3 is 2.42 bits per heavy atom. The topological polar surface area (TPSA) is 46.6 Å². The van der Waals surface area contributed by atoms with E-state index in [1.54, 1.807) is 38.2 Å². The molecule has 0 heterocycles. The molecule has 0 saturated carbocycles. The molecule has 0 aliphatic heterocycles. The monoisotopic (exact) mass is 455 g/mol. The summed E-state index contributed by atoms with van der Waals surface area (Å²) in [5.41, 5.74) is 1.57. The van der Waals surface area contributed by atoms with Crippen molar-refractivity contribution in [1.82, 2.24) is 0 Å². The predicted octanol–water partition coefficient (Wildman–Crippen LogP) is 3.83. The number of hydrogen-bond donors (Lipinski definition) is 0. The van der Waals surface area contributed by atoms with E-state index in [9.17, 15) is 8.42 Å². The molecule has 4 nitrogen and oxygen atoms in total. The lowest BCUT2D eigenvalue weighted by Gasteiger charge is -2.21. The number of sulfonamides is 1. The lowest BCUT2D eigenvalue weighted by Crippen LogP contribution is -2.27. The molecule has 0 saturated heterocycles. The molecular formula is C18H18INO3S. The number of aryl methyl sites for hydroxylation is 1. The van der Waals surface area contributed by atoms with Gasteiger partial charge in [-0.25, -0.2) is 8.42 Å². The number of halogens is 1. The van der Waals surface area contributed by atoms with E-state index >= 15 is 0 Å². The summed E-state index contributed by atoms with van der Waals surface area (Å²) in [6.07, 6.45) is 0. The van der Waals surface area contributed by atoms with Crippen molar-refractivity contribution in [3.63, 3.8) is 0 Å². The summed E-state index contributed by atoms with van der Waals surface area (Å²) in [4.78, 5) is 0.219. The van der Waals surface area contributed by atoms with Gasteiger partial charge in [0.1, 0.15) is 12.4 Å². The summed E-state index contributed by atoms with van der Waals surface area (Å²) in [7, 11) is -2.06. The third kappa shape index (κ3) is 4.22. The highest BCUT2D eigenvalue weighted by molar-refractivity contribution is 14.1. The molecule has 0 radical (unpaired) electrons. The van der Waals surface area contributed by atoms with Crippen LogP contribution in [0.5, 0.6) is 5.75 Å².